The molecule has 1 N–H and O–H groups in total. The van der Waals surface area contributed by atoms with Gasteiger partial charge in [-0.15, -0.1) is 0 Å². The van der Waals surface area contributed by atoms with Crippen LogP contribution in [0.4, 0.5) is 4.79 Å². The first-order chi connectivity index (χ1) is 12.3. The van der Waals surface area contributed by atoms with Crippen LogP contribution in [0.1, 0.15) is 29.2 Å². The lowest BCUT2D eigenvalue weighted by molar-refractivity contribution is -0.101. The van der Waals surface area contributed by atoms with Crippen molar-refractivity contribution in [1.82, 2.24) is 14.7 Å². The van der Waals surface area contributed by atoms with Gasteiger partial charge in [0.2, 0.25) is 0 Å². The van der Waals surface area contributed by atoms with E-state index < -0.39 is 5.60 Å². The summed E-state index contributed by atoms with van der Waals surface area (Å²) in [5.74, 6) is 1.58. The van der Waals surface area contributed by atoms with Crippen molar-refractivity contribution in [3.63, 3.8) is 0 Å². The SMILES string of the molecule is CSCc1ccc(C(=O)N2CC[C@]3(O)CCN(C(=O)N(C)C)C[C@@H]3C2)o1. The Morgan fingerprint density at radius 1 is 1.27 bits per heavy atom. The molecular weight excluding hydrogens is 354 g/mol. The molecule has 3 amide bonds. The number of fused-ring (bicyclic) bond motifs is 1. The van der Waals surface area contributed by atoms with Gasteiger partial charge in [-0.3, -0.25) is 4.79 Å². The van der Waals surface area contributed by atoms with Crippen LogP contribution in [-0.2, 0) is 5.75 Å². The molecule has 0 spiro atoms. The average Bonchev–Trinajstić information content (AvgIpc) is 3.08. The lowest BCUT2D eigenvalue weighted by atomic mass is 9.75. The highest BCUT2D eigenvalue weighted by molar-refractivity contribution is 7.97. The van der Waals surface area contributed by atoms with Gasteiger partial charge < -0.3 is 24.2 Å². The summed E-state index contributed by atoms with van der Waals surface area (Å²) in [6.45, 7) is 1.96. The Kier molecular flexibility index (Phi) is 5.53. The van der Waals surface area contributed by atoms with E-state index in [1.54, 1.807) is 46.6 Å². The number of hydrogen-bond acceptors (Lipinski definition) is 5. The number of nitrogens with zero attached hydrogens (tertiary/aromatic N) is 3. The van der Waals surface area contributed by atoms with Gasteiger partial charge in [-0.1, -0.05) is 0 Å². The molecule has 0 saturated carbocycles. The molecule has 2 aliphatic heterocycles. The summed E-state index contributed by atoms with van der Waals surface area (Å²) in [6.07, 6.45) is 3.07. The third-order valence-electron chi connectivity index (χ3n) is 5.37. The average molecular weight is 381 g/mol. The summed E-state index contributed by atoms with van der Waals surface area (Å²) in [5, 5.41) is 11.0. The van der Waals surface area contributed by atoms with E-state index in [4.69, 9.17) is 4.42 Å². The lowest BCUT2D eigenvalue weighted by Crippen LogP contribution is -2.62. The Balaban J connectivity index is 1.69. The van der Waals surface area contributed by atoms with Gasteiger partial charge in [0.25, 0.3) is 5.91 Å². The zero-order valence-electron chi connectivity index (χ0n) is 15.6. The third kappa shape index (κ3) is 3.71. The topological polar surface area (TPSA) is 77.2 Å². The van der Waals surface area contributed by atoms with Gasteiger partial charge in [0.15, 0.2) is 5.76 Å². The number of urea groups is 1. The monoisotopic (exact) mass is 381 g/mol. The maximum atomic E-state index is 12.8. The summed E-state index contributed by atoms with van der Waals surface area (Å²) in [4.78, 5) is 30.1. The molecule has 26 heavy (non-hydrogen) atoms. The fraction of sp³-hybridized carbons (Fsp3) is 0.667. The minimum atomic E-state index is -0.799. The quantitative estimate of drug-likeness (QED) is 0.863. The molecule has 144 valence electrons. The van der Waals surface area contributed by atoms with Crippen molar-refractivity contribution >= 4 is 23.7 Å². The van der Waals surface area contributed by atoms with Gasteiger partial charge in [0, 0.05) is 46.2 Å². The lowest BCUT2D eigenvalue weighted by Gasteiger charge is -2.50. The Morgan fingerprint density at radius 2 is 1.92 bits per heavy atom. The Bertz CT molecular complexity index is 677. The number of carbonyl (C=O) groups excluding carboxylic acids is 2. The highest BCUT2D eigenvalue weighted by Crippen LogP contribution is 2.36. The van der Waals surface area contributed by atoms with Crippen molar-refractivity contribution in [3.8, 4) is 0 Å². The first kappa shape index (κ1) is 19.1. The number of hydrogen-bond donors (Lipinski definition) is 1. The van der Waals surface area contributed by atoms with Crippen LogP contribution in [0.5, 0.6) is 0 Å². The zero-order valence-corrected chi connectivity index (χ0v) is 16.4. The number of aliphatic hydroxyl groups is 1. The molecule has 0 aromatic carbocycles. The van der Waals surface area contributed by atoms with Gasteiger partial charge in [-0.25, -0.2) is 4.79 Å². The zero-order chi connectivity index (χ0) is 18.9. The molecule has 2 aliphatic rings. The molecule has 8 heteroatoms. The van der Waals surface area contributed by atoms with E-state index in [0.717, 1.165) is 11.5 Å². The van der Waals surface area contributed by atoms with Crippen LogP contribution >= 0.6 is 11.8 Å². The van der Waals surface area contributed by atoms with Crippen LogP contribution in [0.15, 0.2) is 16.5 Å². The first-order valence-corrected chi connectivity index (χ1v) is 10.3. The van der Waals surface area contributed by atoms with E-state index in [1.807, 2.05) is 12.3 Å². The molecule has 7 nitrogen and oxygen atoms in total. The van der Waals surface area contributed by atoms with Crippen LogP contribution in [0.3, 0.4) is 0 Å². The molecule has 2 saturated heterocycles. The fourth-order valence-electron chi connectivity index (χ4n) is 3.81. The Morgan fingerprint density at radius 3 is 2.58 bits per heavy atom. The van der Waals surface area contributed by atoms with E-state index in [1.165, 1.54) is 0 Å². The first-order valence-electron chi connectivity index (χ1n) is 8.89. The van der Waals surface area contributed by atoms with Gasteiger partial charge in [-0.2, -0.15) is 11.8 Å². The van der Waals surface area contributed by atoms with E-state index in [-0.39, 0.29) is 17.9 Å². The minimum absolute atomic E-state index is 0.0526. The van der Waals surface area contributed by atoms with Gasteiger partial charge in [-0.05, 0) is 31.2 Å². The van der Waals surface area contributed by atoms with Crippen LogP contribution in [0.2, 0.25) is 0 Å². The largest absolute Gasteiger partial charge is 0.455 e. The number of piperidine rings is 2. The normalized spacial score (nSPS) is 25.8. The van der Waals surface area contributed by atoms with Crippen molar-refractivity contribution in [2.45, 2.75) is 24.2 Å². The van der Waals surface area contributed by atoms with E-state index >= 15 is 0 Å². The molecule has 0 bridgehead atoms. The predicted molar refractivity (Wildman–Crippen MR) is 100 cm³/mol. The maximum absolute atomic E-state index is 12.8. The molecule has 1 aromatic heterocycles. The standard InChI is InChI=1S/C18H27N3O4S/c1-19(2)17(23)21-9-7-18(24)6-8-20(10-13(18)11-21)16(22)15-5-4-14(25-15)12-26-3/h4-5,13,24H,6-12H2,1-3H3/t13-,18-/m0/s1. The smallest absolute Gasteiger partial charge is 0.319 e. The maximum Gasteiger partial charge on any atom is 0.319 e. The molecule has 0 aliphatic carbocycles. The third-order valence-corrected chi connectivity index (χ3v) is 5.94. The molecular formula is C18H27N3O4S. The highest BCUT2D eigenvalue weighted by atomic mass is 32.2. The number of thioether (sulfide) groups is 1. The van der Waals surface area contributed by atoms with Crippen LogP contribution in [0.25, 0.3) is 0 Å². The van der Waals surface area contributed by atoms with Crippen LogP contribution in [0, 0.1) is 5.92 Å². The van der Waals surface area contributed by atoms with E-state index in [0.29, 0.717) is 44.8 Å². The van der Waals surface area contributed by atoms with Crippen molar-refractivity contribution in [2.24, 2.45) is 5.92 Å². The Hall–Kier alpha value is -1.67. The van der Waals surface area contributed by atoms with Crippen LogP contribution < -0.4 is 0 Å². The Labute approximate surface area is 158 Å². The summed E-state index contributed by atoms with van der Waals surface area (Å²) in [6, 6.07) is 3.50. The van der Waals surface area contributed by atoms with Crippen molar-refractivity contribution in [3.05, 3.63) is 23.7 Å². The molecule has 3 rings (SSSR count). The number of carbonyl (C=O) groups is 2. The summed E-state index contributed by atoms with van der Waals surface area (Å²) < 4.78 is 5.65. The van der Waals surface area contributed by atoms with Crippen LogP contribution in [-0.4, -0.2) is 83.9 Å². The number of furan rings is 1. The van der Waals surface area contributed by atoms with Gasteiger partial charge in [0.05, 0.1) is 11.4 Å². The van der Waals surface area contributed by atoms with Gasteiger partial charge in [0.1, 0.15) is 5.76 Å². The fourth-order valence-corrected chi connectivity index (χ4v) is 4.25. The second-order valence-electron chi connectivity index (χ2n) is 7.37. The number of rotatable bonds is 3. The second-order valence-corrected chi connectivity index (χ2v) is 8.24. The molecule has 3 heterocycles. The number of likely N-dealkylation sites (tertiary alicyclic amines) is 2. The summed E-state index contributed by atoms with van der Waals surface area (Å²) in [5.41, 5.74) is -0.799. The summed E-state index contributed by atoms with van der Waals surface area (Å²) in [7, 11) is 3.45. The van der Waals surface area contributed by atoms with E-state index in [2.05, 4.69) is 0 Å². The molecule has 2 atom stereocenters. The minimum Gasteiger partial charge on any atom is -0.455 e. The molecule has 0 radical (unpaired) electrons. The van der Waals surface area contributed by atoms with Crippen molar-refractivity contribution < 1.29 is 19.1 Å². The molecule has 0 unspecified atom stereocenters. The molecule has 1 aromatic rings. The van der Waals surface area contributed by atoms with Crippen molar-refractivity contribution in [2.75, 3.05) is 46.5 Å². The molecule has 2 fully saturated rings. The second kappa shape index (κ2) is 7.52. The summed E-state index contributed by atoms with van der Waals surface area (Å²) >= 11 is 1.64. The number of amides is 3. The van der Waals surface area contributed by atoms with E-state index in [9.17, 15) is 14.7 Å². The van der Waals surface area contributed by atoms with Gasteiger partial charge >= 0.3 is 6.03 Å². The van der Waals surface area contributed by atoms with Crippen molar-refractivity contribution in [1.29, 1.82) is 0 Å². The highest BCUT2D eigenvalue weighted by Gasteiger charge is 2.47. The predicted octanol–water partition coefficient (Wildman–Crippen LogP) is 1.72.